The van der Waals surface area contributed by atoms with Crippen molar-refractivity contribution < 1.29 is 33.6 Å². The third-order valence-corrected chi connectivity index (χ3v) is 5.64. The SMILES string of the molecule is COc1ccc(CC(=O)Oc2ccc([C@@H](O)CNC(C)(C)C)cc2OC(=O)Cc2ccc(OC)cc2)cc1.Cl. The number of rotatable bonds is 11. The summed E-state index contributed by atoms with van der Waals surface area (Å²) in [4.78, 5) is 25.5. The number of aliphatic hydroxyl groups is 1. The molecule has 9 heteroatoms. The predicted octanol–water partition coefficient (Wildman–Crippen LogP) is 4.84. The smallest absolute Gasteiger partial charge is 0.315 e. The van der Waals surface area contributed by atoms with E-state index in [1.807, 2.05) is 20.8 Å². The lowest BCUT2D eigenvalue weighted by atomic mass is 10.1. The van der Waals surface area contributed by atoms with Gasteiger partial charge in [-0.15, -0.1) is 12.4 Å². The van der Waals surface area contributed by atoms with Crippen molar-refractivity contribution in [2.45, 2.75) is 45.3 Å². The molecule has 0 amide bonds. The Morgan fingerprint density at radius 2 is 1.23 bits per heavy atom. The Labute approximate surface area is 235 Å². The van der Waals surface area contributed by atoms with Crippen LogP contribution in [0.15, 0.2) is 66.7 Å². The third-order valence-electron chi connectivity index (χ3n) is 5.64. The first kappa shape index (κ1) is 31.6. The lowest BCUT2D eigenvalue weighted by Gasteiger charge is -2.23. The Morgan fingerprint density at radius 1 is 0.769 bits per heavy atom. The molecule has 0 radical (unpaired) electrons. The van der Waals surface area contributed by atoms with Crippen LogP contribution < -0.4 is 24.3 Å². The van der Waals surface area contributed by atoms with E-state index in [4.69, 9.17) is 18.9 Å². The molecular weight excluding hydrogens is 522 g/mol. The molecule has 0 spiro atoms. The zero-order valence-electron chi connectivity index (χ0n) is 22.9. The van der Waals surface area contributed by atoms with Crippen LogP contribution in [-0.2, 0) is 22.4 Å². The maximum absolute atomic E-state index is 12.8. The summed E-state index contributed by atoms with van der Waals surface area (Å²) in [5.41, 5.74) is 1.81. The van der Waals surface area contributed by atoms with E-state index < -0.39 is 18.0 Å². The maximum atomic E-state index is 12.8. The molecule has 3 aromatic carbocycles. The van der Waals surface area contributed by atoms with Crippen molar-refractivity contribution in [3.63, 3.8) is 0 Å². The van der Waals surface area contributed by atoms with Gasteiger partial charge in [0.1, 0.15) is 11.5 Å². The van der Waals surface area contributed by atoms with Gasteiger partial charge in [-0.25, -0.2) is 0 Å². The molecule has 0 saturated carbocycles. The average Bonchev–Trinajstić information content (AvgIpc) is 2.88. The number of ether oxygens (including phenoxy) is 4. The van der Waals surface area contributed by atoms with Crippen LogP contribution in [0.3, 0.4) is 0 Å². The molecule has 0 aliphatic carbocycles. The van der Waals surface area contributed by atoms with Gasteiger partial charge in [0, 0.05) is 12.1 Å². The van der Waals surface area contributed by atoms with Crippen LogP contribution in [0.2, 0.25) is 0 Å². The van der Waals surface area contributed by atoms with Crippen LogP contribution in [0.4, 0.5) is 0 Å². The van der Waals surface area contributed by atoms with Gasteiger partial charge in [0.05, 0.1) is 33.2 Å². The summed E-state index contributed by atoms with van der Waals surface area (Å²) in [6.45, 7) is 6.28. The standard InChI is InChI=1S/C30H35NO7.ClH/c1-30(2,3)31-19-25(32)22-10-15-26(37-28(33)16-20-6-11-23(35-4)12-7-20)27(18-22)38-29(34)17-21-8-13-24(36-5)14-9-21;/h6-15,18,25,31-32H,16-17,19H2,1-5H3;1H/t25-;/m0./s1. The molecule has 39 heavy (non-hydrogen) atoms. The van der Waals surface area contributed by atoms with Crippen molar-refractivity contribution >= 4 is 24.3 Å². The van der Waals surface area contributed by atoms with Gasteiger partial charge in [0.15, 0.2) is 11.5 Å². The fourth-order valence-corrected chi connectivity index (χ4v) is 3.55. The van der Waals surface area contributed by atoms with Crippen molar-refractivity contribution in [3.05, 3.63) is 83.4 Å². The van der Waals surface area contributed by atoms with Crippen LogP contribution >= 0.6 is 12.4 Å². The highest BCUT2D eigenvalue weighted by atomic mass is 35.5. The van der Waals surface area contributed by atoms with Crippen molar-refractivity contribution in [1.82, 2.24) is 5.32 Å². The van der Waals surface area contributed by atoms with Gasteiger partial charge < -0.3 is 29.4 Å². The zero-order chi connectivity index (χ0) is 27.7. The average molecular weight is 558 g/mol. The number of halogens is 1. The Morgan fingerprint density at radius 3 is 1.67 bits per heavy atom. The van der Waals surface area contributed by atoms with Crippen molar-refractivity contribution in [2.24, 2.45) is 0 Å². The molecule has 1 atom stereocenters. The number of hydrogen-bond acceptors (Lipinski definition) is 8. The number of aliphatic hydroxyl groups excluding tert-OH is 1. The van der Waals surface area contributed by atoms with Gasteiger partial charge in [-0.05, 0) is 73.9 Å². The van der Waals surface area contributed by atoms with E-state index in [2.05, 4.69) is 5.32 Å². The fraction of sp³-hybridized carbons (Fsp3) is 0.333. The molecule has 0 aromatic heterocycles. The summed E-state index contributed by atoms with van der Waals surface area (Å²) in [5, 5.41) is 13.9. The number of β-amino-alcohol motifs (C(OH)–C–C–N with tert-alkyl or cyclic N) is 1. The van der Waals surface area contributed by atoms with E-state index in [1.165, 1.54) is 12.1 Å². The summed E-state index contributed by atoms with van der Waals surface area (Å²) in [6, 6.07) is 18.8. The second-order valence-corrected chi connectivity index (χ2v) is 9.85. The Kier molecular flexibility index (Phi) is 11.8. The Balaban J connectivity index is 0.00000533. The number of hydrogen-bond donors (Lipinski definition) is 2. The molecule has 0 bridgehead atoms. The summed E-state index contributed by atoms with van der Waals surface area (Å²) in [5.74, 6) is 0.444. The van der Waals surface area contributed by atoms with Crippen LogP contribution in [-0.4, -0.2) is 43.3 Å². The number of esters is 2. The highest BCUT2D eigenvalue weighted by Gasteiger charge is 2.19. The molecule has 2 N–H and O–H groups in total. The van der Waals surface area contributed by atoms with E-state index >= 15 is 0 Å². The van der Waals surface area contributed by atoms with Gasteiger partial charge in [0.2, 0.25) is 0 Å². The normalized spacial score (nSPS) is 11.6. The highest BCUT2D eigenvalue weighted by molar-refractivity contribution is 5.85. The van der Waals surface area contributed by atoms with Gasteiger partial charge >= 0.3 is 11.9 Å². The molecule has 8 nitrogen and oxygen atoms in total. The number of benzene rings is 3. The predicted molar refractivity (Wildman–Crippen MR) is 151 cm³/mol. The third kappa shape index (κ3) is 10.2. The molecule has 0 heterocycles. The van der Waals surface area contributed by atoms with Crippen LogP contribution in [0.25, 0.3) is 0 Å². The quantitative estimate of drug-likeness (QED) is 0.255. The Bertz CT molecular complexity index is 1220. The van der Waals surface area contributed by atoms with Crippen molar-refractivity contribution in [1.29, 1.82) is 0 Å². The molecule has 0 fully saturated rings. The zero-order valence-corrected chi connectivity index (χ0v) is 23.7. The molecular formula is C30H36ClNO7. The second-order valence-electron chi connectivity index (χ2n) is 9.85. The number of methoxy groups -OCH3 is 2. The molecule has 210 valence electrons. The molecule has 0 unspecified atom stereocenters. The summed E-state index contributed by atoms with van der Waals surface area (Å²) in [7, 11) is 3.14. The number of carbonyl (C=O) groups excluding carboxylic acids is 2. The minimum absolute atomic E-state index is 0. The van der Waals surface area contributed by atoms with E-state index in [0.29, 0.717) is 23.6 Å². The molecule has 0 saturated heterocycles. The van der Waals surface area contributed by atoms with Gasteiger partial charge in [-0.2, -0.15) is 0 Å². The van der Waals surface area contributed by atoms with E-state index in [1.54, 1.807) is 68.8 Å². The first-order chi connectivity index (χ1) is 18.1. The monoisotopic (exact) mass is 557 g/mol. The number of nitrogens with one attached hydrogen (secondary N) is 1. The molecule has 3 aromatic rings. The van der Waals surface area contributed by atoms with Crippen LogP contribution in [0, 0.1) is 0 Å². The van der Waals surface area contributed by atoms with Crippen molar-refractivity contribution in [2.75, 3.05) is 20.8 Å². The topological polar surface area (TPSA) is 103 Å². The minimum Gasteiger partial charge on any atom is -0.497 e. The van der Waals surface area contributed by atoms with Gasteiger partial charge in [0.25, 0.3) is 0 Å². The van der Waals surface area contributed by atoms with Crippen LogP contribution in [0.1, 0.15) is 43.6 Å². The van der Waals surface area contributed by atoms with E-state index in [0.717, 1.165) is 11.1 Å². The molecule has 3 rings (SSSR count). The van der Waals surface area contributed by atoms with Gasteiger partial charge in [-0.1, -0.05) is 30.3 Å². The summed E-state index contributed by atoms with van der Waals surface area (Å²) >= 11 is 0. The molecule has 0 aliphatic heterocycles. The number of carbonyl (C=O) groups is 2. The minimum atomic E-state index is -0.864. The van der Waals surface area contributed by atoms with Gasteiger partial charge in [-0.3, -0.25) is 9.59 Å². The maximum Gasteiger partial charge on any atom is 0.315 e. The lowest BCUT2D eigenvalue weighted by molar-refractivity contribution is -0.136. The van der Waals surface area contributed by atoms with Crippen LogP contribution in [0.5, 0.6) is 23.0 Å². The highest BCUT2D eigenvalue weighted by Crippen LogP contribution is 2.32. The Hall–Kier alpha value is -3.59. The summed E-state index contributed by atoms with van der Waals surface area (Å²) in [6.07, 6.45) is -0.845. The lowest BCUT2D eigenvalue weighted by Crippen LogP contribution is -2.38. The van der Waals surface area contributed by atoms with Crippen molar-refractivity contribution in [3.8, 4) is 23.0 Å². The first-order valence-electron chi connectivity index (χ1n) is 12.3. The fourth-order valence-electron chi connectivity index (χ4n) is 3.55. The first-order valence-corrected chi connectivity index (χ1v) is 12.3. The second kappa shape index (κ2) is 14.5. The summed E-state index contributed by atoms with van der Waals surface area (Å²) < 4.78 is 21.5. The molecule has 0 aliphatic rings. The largest absolute Gasteiger partial charge is 0.497 e. The van der Waals surface area contributed by atoms with E-state index in [9.17, 15) is 14.7 Å². The van der Waals surface area contributed by atoms with E-state index in [-0.39, 0.29) is 42.3 Å².